The monoisotopic (exact) mass is 330 g/mol. The van der Waals surface area contributed by atoms with Gasteiger partial charge in [-0.1, -0.05) is 0 Å². The molecule has 1 aromatic rings. The van der Waals surface area contributed by atoms with Crippen LogP contribution in [0.25, 0.3) is 0 Å². The van der Waals surface area contributed by atoms with Gasteiger partial charge in [-0.2, -0.15) is 0 Å². The fourth-order valence-corrected chi connectivity index (χ4v) is 2.39. The van der Waals surface area contributed by atoms with Gasteiger partial charge < -0.3 is 24.8 Å². The standard InChI is InChI=1S/C15H20F2N2O4/c1-21-13-8-10(16)12(7-11(13)17)19-14(20)18-9-15(22-2)3-5-23-6-4-15/h7-8H,3-6,9H2,1-2H3,(H2,18,19,20). The molecule has 1 saturated heterocycles. The molecule has 2 rings (SSSR count). The molecule has 0 aliphatic carbocycles. The Labute approximate surface area is 133 Å². The fourth-order valence-electron chi connectivity index (χ4n) is 2.39. The van der Waals surface area contributed by atoms with Crippen LogP contribution in [-0.4, -0.2) is 45.6 Å². The number of carbonyl (C=O) groups excluding carboxylic acids is 1. The summed E-state index contributed by atoms with van der Waals surface area (Å²) in [6, 6.07) is 1.10. The van der Waals surface area contributed by atoms with E-state index in [2.05, 4.69) is 15.4 Å². The molecule has 0 bridgehead atoms. The summed E-state index contributed by atoms with van der Waals surface area (Å²) >= 11 is 0. The number of ether oxygens (including phenoxy) is 3. The maximum atomic E-state index is 13.8. The second kappa shape index (κ2) is 7.56. The lowest BCUT2D eigenvalue weighted by Gasteiger charge is -2.35. The van der Waals surface area contributed by atoms with Gasteiger partial charge in [-0.25, -0.2) is 13.6 Å². The molecule has 128 valence electrons. The third-order valence-electron chi connectivity index (χ3n) is 3.90. The number of hydrogen-bond acceptors (Lipinski definition) is 4. The van der Waals surface area contributed by atoms with Crippen molar-refractivity contribution >= 4 is 11.7 Å². The molecule has 0 aromatic heterocycles. The van der Waals surface area contributed by atoms with E-state index < -0.39 is 23.3 Å². The van der Waals surface area contributed by atoms with Crippen LogP contribution >= 0.6 is 0 Å². The smallest absolute Gasteiger partial charge is 0.319 e. The van der Waals surface area contributed by atoms with Crippen molar-refractivity contribution in [3.8, 4) is 5.75 Å². The van der Waals surface area contributed by atoms with E-state index in [4.69, 9.17) is 9.47 Å². The van der Waals surface area contributed by atoms with Gasteiger partial charge in [-0.3, -0.25) is 0 Å². The van der Waals surface area contributed by atoms with Crippen LogP contribution in [0.2, 0.25) is 0 Å². The highest BCUT2D eigenvalue weighted by atomic mass is 19.1. The quantitative estimate of drug-likeness (QED) is 0.869. The number of amides is 2. The highest BCUT2D eigenvalue weighted by Gasteiger charge is 2.32. The van der Waals surface area contributed by atoms with Gasteiger partial charge in [0.05, 0.1) is 18.4 Å². The van der Waals surface area contributed by atoms with E-state index in [-0.39, 0.29) is 18.0 Å². The second-order valence-corrected chi connectivity index (χ2v) is 5.27. The zero-order valence-electron chi connectivity index (χ0n) is 13.1. The van der Waals surface area contributed by atoms with E-state index in [0.29, 0.717) is 26.1 Å². The Morgan fingerprint density at radius 2 is 1.96 bits per heavy atom. The number of carbonyl (C=O) groups is 1. The summed E-state index contributed by atoms with van der Waals surface area (Å²) in [6.45, 7) is 1.35. The SMILES string of the molecule is COc1cc(F)c(NC(=O)NCC2(OC)CCOCC2)cc1F. The van der Waals surface area contributed by atoms with Gasteiger partial charge in [-0.15, -0.1) is 0 Å². The van der Waals surface area contributed by atoms with Crippen LogP contribution in [-0.2, 0) is 9.47 Å². The minimum atomic E-state index is -0.786. The van der Waals surface area contributed by atoms with E-state index in [9.17, 15) is 13.6 Å². The Balaban J connectivity index is 1.95. The van der Waals surface area contributed by atoms with E-state index >= 15 is 0 Å². The molecule has 0 radical (unpaired) electrons. The zero-order valence-corrected chi connectivity index (χ0v) is 13.1. The number of urea groups is 1. The summed E-state index contributed by atoms with van der Waals surface area (Å²) in [5, 5.41) is 4.89. The lowest BCUT2D eigenvalue weighted by molar-refractivity contribution is -0.0859. The maximum Gasteiger partial charge on any atom is 0.319 e. The molecule has 1 aliphatic heterocycles. The van der Waals surface area contributed by atoms with Crippen molar-refractivity contribution in [1.29, 1.82) is 0 Å². The lowest BCUT2D eigenvalue weighted by atomic mass is 9.94. The lowest BCUT2D eigenvalue weighted by Crippen LogP contribution is -2.49. The summed E-state index contributed by atoms with van der Waals surface area (Å²) in [6.07, 6.45) is 1.30. The summed E-state index contributed by atoms with van der Waals surface area (Å²) in [7, 11) is 2.80. The van der Waals surface area contributed by atoms with Gasteiger partial charge in [0.15, 0.2) is 17.4 Å². The Morgan fingerprint density at radius 3 is 2.57 bits per heavy atom. The first-order chi connectivity index (χ1) is 11.0. The normalized spacial score (nSPS) is 16.7. The van der Waals surface area contributed by atoms with Gasteiger partial charge in [-0.05, 0) is 0 Å². The average Bonchev–Trinajstić information content (AvgIpc) is 2.57. The number of methoxy groups -OCH3 is 2. The zero-order chi connectivity index (χ0) is 16.9. The van der Waals surface area contributed by atoms with E-state index in [1.165, 1.54) is 7.11 Å². The molecular formula is C15H20F2N2O4. The van der Waals surface area contributed by atoms with Gasteiger partial charge in [0.2, 0.25) is 0 Å². The Morgan fingerprint density at radius 1 is 1.26 bits per heavy atom. The summed E-state index contributed by atoms with van der Waals surface area (Å²) in [5.41, 5.74) is -0.765. The van der Waals surface area contributed by atoms with Crippen molar-refractivity contribution in [2.45, 2.75) is 18.4 Å². The topological polar surface area (TPSA) is 68.8 Å². The molecule has 6 nitrogen and oxygen atoms in total. The number of hydrogen-bond donors (Lipinski definition) is 2. The third kappa shape index (κ3) is 4.29. The Kier molecular flexibility index (Phi) is 5.73. The van der Waals surface area contributed by atoms with Crippen molar-refractivity contribution in [2.75, 3.05) is 39.3 Å². The van der Waals surface area contributed by atoms with Crippen LogP contribution in [0.15, 0.2) is 12.1 Å². The highest BCUT2D eigenvalue weighted by molar-refractivity contribution is 5.89. The Hall–Kier alpha value is -1.93. The average molecular weight is 330 g/mol. The van der Waals surface area contributed by atoms with Crippen LogP contribution in [0.1, 0.15) is 12.8 Å². The van der Waals surface area contributed by atoms with Crippen molar-refractivity contribution in [3.05, 3.63) is 23.8 Å². The predicted octanol–water partition coefficient (Wildman–Crippen LogP) is 2.29. The van der Waals surface area contributed by atoms with Gasteiger partial charge in [0, 0.05) is 51.8 Å². The highest BCUT2D eigenvalue weighted by Crippen LogP contribution is 2.25. The number of benzene rings is 1. The van der Waals surface area contributed by atoms with Crippen LogP contribution < -0.4 is 15.4 Å². The molecule has 1 aliphatic rings. The number of anilines is 1. The van der Waals surface area contributed by atoms with Crippen molar-refractivity contribution in [3.63, 3.8) is 0 Å². The van der Waals surface area contributed by atoms with Crippen LogP contribution in [0.5, 0.6) is 5.75 Å². The number of rotatable bonds is 5. The number of halogens is 2. The first kappa shape index (κ1) is 17.4. The molecule has 8 heteroatoms. The minimum Gasteiger partial charge on any atom is -0.494 e. The van der Waals surface area contributed by atoms with Gasteiger partial charge >= 0.3 is 6.03 Å². The molecule has 0 atom stereocenters. The molecule has 0 unspecified atom stereocenters. The molecule has 1 heterocycles. The summed E-state index contributed by atoms with van der Waals surface area (Å²) in [5.74, 6) is -1.78. The molecule has 2 amide bonds. The van der Waals surface area contributed by atoms with Crippen LogP contribution in [0.3, 0.4) is 0 Å². The molecule has 0 spiro atoms. The van der Waals surface area contributed by atoms with E-state index in [1.54, 1.807) is 7.11 Å². The van der Waals surface area contributed by atoms with Gasteiger partial charge in [0.1, 0.15) is 0 Å². The van der Waals surface area contributed by atoms with Crippen molar-refractivity contribution < 1.29 is 27.8 Å². The molecule has 2 N–H and O–H groups in total. The molecule has 1 aromatic carbocycles. The minimum absolute atomic E-state index is 0.228. The molecule has 0 saturated carbocycles. The van der Waals surface area contributed by atoms with Crippen molar-refractivity contribution in [1.82, 2.24) is 5.32 Å². The first-order valence-corrected chi connectivity index (χ1v) is 7.20. The Bertz CT molecular complexity index is 563. The summed E-state index contributed by atoms with van der Waals surface area (Å²) in [4.78, 5) is 11.9. The maximum absolute atomic E-state index is 13.8. The molecular weight excluding hydrogens is 310 g/mol. The van der Waals surface area contributed by atoms with Gasteiger partial charge in [0.25, 0.3) is 0 Å². The second-order valence-electron chi connectivity index (χ2n) is 5.27. The van der Waals surface area contributed by atoms with E-state index in [1.807, 2.05) is 0 Å². The molecule has 1 fully saturated rings. The van der Waals surface area contributed by atoms with Crippen LogP contribution in [0, 0.1) is 11.6 Å². The molecule has 23 heavy (non-hydrogen) atoms. The predicted molar refractivity (Wildman–Crippen MR) is 79.7 cm³/mol. The van der Waals surface area contributed by atoms with Crippen molar-refractivity contribution in [2.24, 2.45) is 0 Å². The fraction of sp³-hybridized carbons (Fsp3) is 0.533. The third-order valence-corrected chi connectivity index (χ3v) is 3.90. The van der Waals surface area contributed by atoms with Crippen LogP contribution in [0.4, 0.5) is 19.3 Å². The number of nitrogens with one attached hydrogen (secondary N) is 2. The van der Waals surface area contributed by atoms with E-state index in [0.717, 1.165) is 12.1 Å². The first-order valence-electron chi connectivity index (χ1n) is 7.20. The summed E-state index contributed by atoms with van der Waals surface area (Å²) < 4.78 is 42.8. The largest absolute Gasteiger partial charge is 0.494 e.